The lowest BCUT2D eigenvalue weighted by Crippen LogP contribution is -2.47. The van der Waals surface area contributed by atoms with Gasteiger partial charge in [0.15, 0.2) is 5.96 Å². The molecule has 1 heterocycles. The van der Waals surface area contributed by atoms with Crippen LogP contribution in [0.1, 0.15) is 40.5 Å². The maximum Gasteiger partial charge on any atom is 0.191 e. The van der Waals surface area contributed by atoms with Crippen molar-refractivity contribution in [2.24, 2.45) is 16.3 Å². The normalized spacial score (nSPS) is 26.4. The van der Waals surface area contributed by atoms with Crippen molar-refractivity contribution in [3.05, 3.63) is 0 Å². The van der Waals surface area contributed by atoms with E-state index in [4.69, 9.17) is 4.99 Å². The second-order valence-electron chi connectivity index (χ2n) is 8.04. The van der Waals surface area contributed by atoms with Crippen LogP contribution >= 0.6 is 24.0 Å². The molecular weight excluding hydrogens is 451 g/mol. The summed E-state index contributed by atoms with van der Waals surface area (Å²) in [6, 6.07) is 0.943. The van der Waals surface area contributed by atoms with Crippen molar-refractivity contribution in [2.75, 3.05) is 38.2 Å². The van der Waals surface area contributed by atoms with Crippen LogP contribution in [-0.4, -0.2) is 69.5 Å². The second kappa shape index (κ2) is 9.21. The van der Waals surface area contributed by atoms with E-state index in [-0.39, 0.29) is 35.1 Å². The Bertz CT molecular complexity index is 561. The van der Waals surface area contributed by atoms with E-state index in [1.807, 2.05) is 0 Å². The van der Waals surface area contributed by atoms with E-state index in [2.05, 4.69) is 43.2 Å². The maximum atomic E-state index is 11.6. The summed E-state index contributed by atoms with van der Waals surface area (Å²) < 4.78 is 23.2. The van der Waals surface area contributed by atoms with Gasteiger partial charge in [0.05, 0.1) is 5.75 Å². The molecule has 0 amide bonds. The summed E-state index contributed by atoms with van der Waals surface area (Å²) in [7, 11) is -2.94. The van der Waals surface area contributed by atoms with Gasteiger partial charge in [-0.2, -0.15) is 0 Å². The lowest BCUT2D eigenvalue weighted by molar-refractivity contribution is 0.265. The Balaban J connectivity index is 0.00000312. The zero-order valence-electron chi connectivity index (χ0n) is 16.2. The number of rotatable bonds is 7. The van der Waals surface area contributed by atoms with E-state index in [0.29, 0.717) is 24.5 Å². The Morgan fingerprint density at radius 1 is 1.32 bits per heavy atom. The molecule has 2 N–H and O–H groups in total. The first-order chi connectivity index (χ1) is 11.1. The van der Waals surface area contributed by atoms with E-state index < -0.39 is 9.84 Å². The SMILES string of the molecule is CCNC(=NCC1(CS(C)(=O)=O)CC1)NC1CN(C(C)C)CC1C.I. The minimum atomic E-state index is -2.94. The molecule has 0 bridgehead atoms. The van der Waals surface area contributed by atoms with Crippen molar-refractivity contribution in [1.29, 1.82) is 0 Å². The summed E-state index contributed by atoms with van der Waals surface area (Å²) in [4.78, 5) is 7.20. The number of aliphatic imine (C=N–C) groups is 1. The molecule has 2 unspecified atom stereocenters. The van der Waals surface area contributed by atoms with Crippen molar-refractivity contribution < 1.29 is 8.42 Å². The Morgan fingerprint density at radius 3 is 2.40 bits per heavy atom. The van der Waals surface area contributed by atoms with Gasteiger partial charge >= 0.3 is 0 Å². The number of likely N-dealkylation sites (tertiary alicyclic amines) is 1. The molecule has 0 spiro atoms. The maximum absolute atomic E-state index is 11.6. The predicted octanol–water partition coefficient (Wildman–Crippen LogP) is 1.71. The van der Waals surface area contributed by atoms with Gasteiger partial charge < -0.3 is 10.6 Å². The molecule has 0 aromatic rings. The van der Waals surface area contributed by atoms with Crippen LogP contribution in [0.2, 0.25) is 0 Å². The van der Waals surface area contributed by atoms with Gasteiger partial charge in [0, 0.05) is 49.9 Å². The highest BCUT2D eigenvalue weighted by atomic mass is 127. The van der Waals surface area contributed by atoms with Gasteiger partial charge in [-0.25, -0.2) is 8.42 Å². The van der Waals surface area contributed by atoms with E-state index in [1.54, 1.807) is 0 Å². The fourth-order valence-corrected chi connectivity index (χ4v) is 4.93. The summed E-state index contributed by atoms with van der Waals surface area (Å²) in [6.07, 6.45) is 3.24. The Morgan fingerprint density at radius 2 is 1.96 bits per heavy atom. The first-order valence-corrected chi connectivity index (χ1v) is 11.2. The van der Waals surface area contributed by atoms with Crippen LogP contribution in [0.15, 0.2) is 4.99 Å². The van der Waals surface area contributed by atoms with E-state index >= 15 is 0 Å². The van der Waals surface area contributed by atoms with Gasteiger partial charge in [0.1, 0.15) is 9.84 Å². The number of guanidine groups is 1. The van der Waals surface area contributed by atoms with Crippen LogP contribution in [-0.2, 0) is 9.84 Å². The van der Waals surface area contributed by atoms with Crippen molar-refractivity contribution in [1.82, 2.24) is 15.5 Å². The summed E-state index contributed by atoms with van der Waals surface area (Å²) >= 11 is 0. The summed E-state index contributed by atoms with van der Waals surface area (Å²) in [5, 5.41) is 6.87. The largest absolute Gasteiger partial charge is 0.357 e. The molecule has 148 valence electrons. The molecule has 6 nitrogen and oxygen atoms in total. The lowest BCUT2D eigenvalue weighted by Gasteiger charge is -2.22. The van der Waals surface area contributed by atoms with Crippen molar-refractivity contribution in [3.8, 4) is 0 Å². The molecule has 0 aromatic carbocycles. The van der Waals surface area contributed by atoms with E-state index in [0.717, 1.165) is 38.4 Å². The van der Waals surface area contributed by atoms with Crippen molar-refractivity contribution in [3.63, 3.8) is 0 Å². The van der Waals surface area contributed by atoms with Gasteiger partial charge in [-0.1, -0.05) is 6.92 Å². The summed E-state index contributed by atoms with van der Waals surface area (Å²) in [6.45, 7) is 12.3. The highest BCUT2D eigenvalue weighted by Crippen LogP contribution is 2.46. The Hall–Kier alpha value is -0.0900. The fraction of sp³-hybridized carbons (Fsp3) is 0.941. The first kappa shape index (κ1) is 23.0. The number of hydrogen-bond donors (Lipinski definition) is 2. The minimum absolute atomic E-state index is 0. The average Bonchev–Trinajstić information content (AvgIpc) is 3.10. The highest BCUT2D eigenvalue weighted by molar-refractivity contribution is 14.0. The van der Waals surface area contributed by atoms with Crippen LogP contribution in [0.4, 0.5) is 0 Å². The molecular formula is C17H35IN4O2S. The molecule has 1 saturated heterocycles. The summed E-state index contributed by atoms with van der Waals surface area (Å²) in [5.41, 5.74) is -0.124. The minimum Gasteiger partial charge on any atom is -0.357 e. The number of nitrogens with zero attached hydrogens (tertiary/aromatic N) is 2. The molecule has 1 aliphatic heterocycles. The van der Waals surface area contributed by atoms with E-state index in [9.17, 15) is 8.42 Å². The molecule has 2 rings (SSSR count). The number of hydrogen-bond acceptors (Lipinski definition) is 4. The Kier molecular flexibility index (Phi) is 8.46. The van der Waals surface area contributed by atoms with Gasteiger partial charge in [-0.15, -0.1) is 24.0 Å². The zero-order chi connectivity index (χ0) is 18.0. The number of halogens is 1. The third-order valence-electron chi connectivity index (χ3n) is 5.14. The molecule has 2 aliphatic rings. The van der Waals surface area contributed by atoms with Gasteiger partial charge in [-0.05, 0) is 39.5 Å². The van der Waals surface area contributed by atoms with Crippen molar-refractivity contribution >= 4 is 39.8 Å². The molecule has 0 aromatic heterocycles. The molecule has 0 radical (unpaired) electrons. The van der Waals surface area contributed by atoms with Crippen LogP contribution in [0.3, 0.4) is 0 Å². The Labute approximate surface area is 170 Å². The first-order valence-electron chi connectivity index (χ1n) is 9.11. The molecule has 8 heteroatoms. The lowest BCUT2D eigenvalue weighted by atomic mass is 10.1. The topological polar surface area (TPSA) is 73.8 Å². The second-order valence-corrected chi connectivity index (χ2v) is 10.2. The predicted molar refractivity (Wildman–Crippen MR) is 116 cm³/mol. The van der Waals surface area contributed by atoms with Crippen LogP contribution in [0.5, 0.6) is 0 Å². The van der Waals surface area contributed by atoms with Gasteiger partial charge in [-0.3, -0.25) is 9.89 Å². The quantitative estimate of drug-likeness (QED) is 0.326. The monoisotopic (exact) mass is 486 g/mol. The molecule has 1 saturated carbocycles. The third-order valence-corrected chi connectivity index (χ3v) is 6.27. The zero-order valence-corrected chi connectivity index (χ0v) is 19.4. The van der Waals surface area contributed by atoms with Crippen LogP contribution < -0.4 is 10.6 Å². The smallest absolute Gasteiger partial charge is 0.191 e. The number of nitrogens with one attached hydrogen (secondary N) is 2. The highest BCUT2D eigenvalue weighted by Gasteiger charge is 2.45. The molecule has 25 heavy (non-hydrogen) atoms. The van der Waals surface area contributed by atoms with Gasteiger partial charge in [0.25, 0.3) is 0 Å². The standard InChI is InChI=1S/C17H34N4O2S.HI/c1-6-18-16(19-11-17(7-8-17)12-24(5,22)23)20-15-10-21(13(2)3)9-14(15)4;/h13-15H,6-12H2,1-5H3,(H2,18,19,20);1H. The average molecular weight is 486 g/mol. The van der Waals surface area contributed by atoms with E-state index in [1.165, 1.54) is 6.26 Å². The molecule has 1 aliphatic carbocycles. The fourth-order valence-electron chi connectivity index (χ4n) is 3.44. The van der Waals surface area contributed by atoms with Crippen LogP contribution in [0, 0.1) is 11.3 Å². The van der Waals surface area contributed by atoms with Crippen molar-refractivity contribution in [2.45, 2.75) is 52.6 Å². The molecule has 2 fully saturated rings. The van der Waals surface area contributed by atoms with Gasteiger partial charge in [0.2, 0.25) is 0 Å². The number of sulfone groups is 1. The third kappa shape index (κ3) is 7.21. The molecule has 2 atom stereocenters. The summed E-state index contributed by atoms with van der Waals surface area (Å²) in [5.74, 6) is 1.64. The van der Waals surface area contributed by atoms with Crippen LogP contribution in [0.25, 0.3) is 0 Å².